The molecule has 8 nitrogen and oxygen atoms in total. The highest BCUT2D eigenvalue weighted by atomic mass is 16.5. The molecule has 3 aromatic carbocycles. The number of nitrogens with one attached hydrogen (secondary N) is 2. The van der Waals surface area contributed by atoms with Gasteiger partial charge < -0.3 is 24.5 Å². The van der Waals surface area contributed by atoms with Gasteiger partial charge in [-0.05, 0) is 54.3 Å². The van der Waals surface area contributed by atoms with E-state index in [1.54, 1.807) is 44.4 Å². The molecule has 1 fully saturated rings. The summed E-state index contributed by atoms with van der Waals surface area (Å²) in [5.41, 5.74) is 2.99. The summed E-state index contributed by atoms with van der Waals surface area (Å²) in [5, 5.41) is 4.23. The van der Waals surface area contributed by atoms with Gasteiger partial charge in [-0.1, -0.05) is 49.6 Å². The fourth-order valence-corrected chi connectivity index (χ4v) is 5.69. The number of H-pyrrole nitrogens is 1. The van der Waals surface area contributed by atoms with E-state index in [0.717, 1.165) is 42.1 Å². The summed E-state index contributed by atoms with van der Waals surface area (Å²) in [6, 6.07) is 19.6. The number of carbonyl (C=O) groups is 2. The highest BCUT2D eigenvalue weighted by Gasteiger charge is 2.35. The van der Waals surface area contributed by atoms with Gasteiger partial charge in [-0.25, -0.2) is 0 Å². The van der Waals surface area contributed by atoms with E-state index >= 15 is 0 Å². The molecule has 1 heterocycles. The number of aromatic nitrogens is 1. The van der Waals surface area contributed by atoms with Gasteiger partial charge in [0.05, 0.1) is 27.8 Å². The molecule has 1 atom stereocenters. The molecule has 8 heteroatoms. The summed E-state index contributed by atoms with van der Waals surface area (Å²) in [5.74, 6) is 1.15. The minimum Gasteiger partial charge on any atom is -0.497 e. The first-order valence-electron chi connectivity index (χ1n) is 14.1. The maximum atomic E-state index is 14.4. The lowest BCUT2D eigenvalue weighted by Crippen LogP contribution is -2.47. The van der Waals surface area contributed by atoms with Crippen LogP contribution in [0.1, 0.15) is 49.3 Å². The van der Waals surface area contributed by atoms with Crippen LogP contribution in [0.3, 0.4) is 0 Å². The van der Waals surface area contributed by atoms with E-state index in [0.29, 0.717) is 28.5 Å². The maximum Gasteiger partial charge on any atom is 0.248 e. The Kier molecular flexibility index (Phi) is 8.77. The Labute approximate surface area is 240 Å². The number of benzene rings is 3. The third kappa shape index (κ3) is 6.16. The number of carbonyl (C=O) groups excluding carboxylic acids is 2. The van der Waals surface area contributed by atoms with Crippen LogP contribution in [0, 0.1) is 0 Å². The standard InChI is InChI=1S/C33H37N3O5/c1-39-26-13-9-10-22(18-26)32(33(38)35-24-11-5-4-6-12-24)36(25-16-17-29(40-2)30(20-25)41-3)31(37)19-23-21-34-28-15-8-7-14-27(23)28/h7-10,13-18,20-21,24,32,34H,4-6,11-12,19H2,1-3H3,(H,35,38)/t32-/m0/s1. The van der Waals surface area contributed by atoms with E-state index in [1.165, 1.54) is 6.42 Å². The predicted octanol–water partition coefficient (Wildman–Crippen LogP) is 5.96. The van der Waals surface area contributed by atoms with Crippen LogP contribution < -0.4 is 24.4 Å². The number of hydrogen-bond acceptors (Lipinski definition) is 5. The Morgan fingerprint density at radius 2 is 1.68 bits per heavy atom. The van der Waals surface area contributed by atoms with Gasteiger partial charge >= 0.3 is 0 Å². The van der Waals surface area contributed by atoms with Gasteiger partial charge in [0, 0.05) is 34.9 Å². The lowest BCUT2D eigenvalue weighted by atomic mass is 9.94. The van der Waals surface area contributed by atoms with Gasteiger partial charge in [0.2, 0.25) is 11.8 Å². The fraction of sp³-hybridized carbons (Fsp3) is 0.333. The Hall–Kier alpha value is -4.46. The number of nitrogens with zero attached hydrogens (tertiary/aromatic N) is 1. The summed E-state index contributed by atoms with van der Waals surface area (Å²) in [4.78, 5) is 33.5. The van der Waals surface area contributed by atoms with Crippen LogP contribution >= 0.6 is 0 Å². The molecule has 0 spiro atoms. The van der Waals surface area contributed by atoms with E-state index in [9.17, 15) is 9.59 Å². The molecule has 5 rings (SSSR count). The number of methoxy groups -OCH3 is 3. The monoisotopic (exact) mass is 555 g/mol. The van der Waals surface area contributed by atoms with Gasteiger partial charge in [0.25, 0.3) is 0 Å². The highest BCUT2D eigenvalue weighted by Crippen LogP contribution is 2.37. The van der Waals surface area contributed by atoms with Crippen molar-refractivity contribution in [2.45, 2.75) is 50.6 Å². The summed E-state index contributed by atoms with van der Waals surface area (Å²) < 4.78 is 16.6. The summed E-state index contributed by atoms with van der Waals surface area (Å²) >= 11 is 0. The third-order valence-corrected chi connectivity index (χ3v) is 7.80. The SMILES string of the molecule is COc1cccc([C@@H](C(=O)NC2CCCCC2)N(C(=O)Cc2c[nH]c3ccccc23)c2ccc(OC)c(OC)c2)c1. The van der Waals surface area contributed by atoms with E-state index < -0.39 is 6.04 Å². The first-order chi connectivity index (χ1) is 20.0. The zero-order chi connectivity index (χ0) is 28.8. The molecule has 2 amide bonds. The molecule has 1 aliphatic rings. The Morgan fingerprint density at radius 3 is 2.44 bits per heavy atom. The smallest absolute Gasteiger partial charge is 0.248 e. The average molecular weight is 556 g/mol. The lowest BCUT2D eigenvalue weighted by molar-refractivity contribution is -0.127. The van der Waals surface area contributed by atoms with Gasteiger partial charge in [-0.15, -0.1) is 0 Å². The van der Waals surface area contributed by atoms with Crippen molar-refractivity contribution in [2.24, 2.45) is 0 Å². The molecule has 1 aliphatic carbocycles. The predicted molar refractivity (Wildman–Crippen MR) is 160 cm³/mol. The quantitative estimate of drug-likeness (QED) is 0.252. The van der Waals surface area contributed by atoms with Crippen molar-refractivity contribution in [1.82, 2.24) is 10.3 Å². The van der Waals surface area contributed by atoms with Crippen molar-refractivity contribution >= 4 is 28.4 Å². The molecule has 41 heavy (non-hydrogen) atoms. The first-order valence-corrected chi connectivity index (χ1v) is 14.1. The van der Waals surface area contributed by atoms with Gasteiger partial charge in [0.1, 0.15) is 11.8 Å². The summed E-state index contributed by atoms with van der Waals surface area (Å²) in [6.45, 7) is 0. The van der Waals surface area contributed by atoms with Gasteiger partial charge in [-0.3, -0.25) is 14.5 Å². The number of aromatic amines is 1. The second kappa shape index (κ2) is 12.8. The molecular formula is C33H37N3O5. The Balaban J connectivity index is 1.61. The van der Waals surface area contributed by atoms with Gasteiger partial charge in [0.15, 0.2) is 11.5 Å². The van der Waals surface area contributed by atoms with Crippen LogP contribution in [0.2, 0.25) is 0 Å². The largest absolute Gasteiger partial charge is 0.497 e. The Bertz CT molecular complexity index is 1510. The first kappa shape index (κ1) is 28.1. The van der Waals surface area contributed by atoms with Crippen molar-refractivity contribution in [3.05, 3.63) is 84.1 Å². The van der Waals surface area contributed by atoms with E-state index in [1.807, 2.05) is 54.7 Å². The zero-order valence-corrected chi connectivity index (χ0v) is 23.8. The van der Waals surface area contributed by atoms with Crippen LogP contribution in [0.25, 0.3) is 10.9 Å². The van der Waals surface area contributed by atoms with E-state index in [4.69, 9.17) is 14.2 Å². The molecule has 1 saturated carbocycles. The number of para-hydroxylation sites is 1. The van der Waals surface area contributed by atoms with Crippen LogP contribution in [0.4, 0.5) is 5.69 Å². The molecule has 2 N–H and O–H groups in total. The molecule has 214 valence electrons. The molecule has 0 bridgehead atoms. The van der Waals surface area contributed by atoms with Crippen molar-refractivity contribution in [3.8, 4) is 17.2 Å². The van der Waals surface area contributed by atoms with Crippen molar-refractivity contribution in [2.75, 3.05) is 26.2 Å². The minimum absolute atomic E-state index is 0.0698. The molecular weight excluding hydrogens is 518 g/mol. The third-order valence-electron chi connectivity index (χ3n) is 7.80. The Morgan fingerprint density at radius 1 is 0.902 bits per heavy atom. The molecule has 0 radical (unpaired) electrons. The average Bonchev–Trinajstić information content (AvgIpc) is 3.42. The van der Waals surface area contributed by atoms with Crippen LogP contribution in [0.5, 0.6) is 17.2 Å². The number of hydrogen-bond donors (Lipinski definition) is 2. The van der Waals surface area contributed by atoms with Crippen LogP contribution in [-0.4, -0.2) is 44.2 Å². The summed E-state index contributed by atoms with van der Waals surface area (Å²) in [6.07, 6.45) is 7.13. The minimum atomic E-state index is -0.942. The lowest BCUT2D eigenvalue weighted by Gasteiger charge is -2.34. The van der Waals surface area contributed by atoms with E-state index in [-0.39, 0.29) is 24.3 Å². The molecule has 4 aromatic rings. The van der Waals surface area contributed by atoms with E-state index in [2.05, 4.69) is 10.3 Å². The maximum absolute atomic E-state index is 14.4. The zero-order valence-electron chi connectivity index (χ0n) is 23.8. The fourth-order valence-electron chi connectivity index (χ4n) is 5.69. The number of ether oxygens (including phenoxy) is 3. The van der Waals surface area contributed by atoms with Crippen LogP contribution in [0.15, 0.2) is 72.9 Å². The number of rotatable bonds is 10. The normalized spacial score (nSPS) is 14.3. The number of fused-ring (bicyclic) bond motifs is 1. The second-order valence-corrected chi connectivity index (χ2v) is 10.4. The number of anilines is 1. The van der Waals surface area contributed by atoms with Crippen molar-refractivity contribution < 1.29 is 23.8 Å². The summed E-state index contributed by atoms with van der Waals surface area (Å²) in [7, 11) is 4.70. The number of amides is 2. The molecule has 1 aromatic heterocycles. The molecule has 0 saturated heterocycles. The molecule has 0 unspecified atom stereocenters. The highest BCUT2D eigenvalue weighted by molar-refractivity contribution is 6.03. The van der Waals surface area contributed by atoms with Gasteiger partial charge in [-0.2, -0.15) is 0 Å². The van der Waals surface area contributed by atoms with Crippen molar-refractivity contribution in [1.29, 1.82) is 0 Å². The molecule has 0 aliphatic heterocycles. The topological polar surface area (TPSA) is 92.9 Å². The second-order valence-electron chi connectivity index (χ2n) is 10.4. The van der Waals surface area contributed by atoms with Crippen LogP contribution in [-0.2, 0) is 16.0 Å². The van der Waals surface area contributed by atoms with Crippen molar-refractivity contribution in [3.63, 3.8) is 0 Å².